The van der Waals surface area contributed by atoms with E-state index in [1.807, 2.05) is 6.92 Å². The number of aliphatic carboxylic acids is 1. The Labute approximate surface area is 63.4 Å². The van der Waals surface area contributed by atoms with Gasteiger partial charge in [-0.05, 0) is 12.3 Å². The van der Waals surface area contributed by atoms with Gasteiger partial charge >= 0.3 is 5.97 Å². The molecule has 0 aromatic rings. The van der Waals surface area contributed by atoms with Gasteiger partial charge in [0.1, 0.15) is 0 Å². The van der Waals surface area contributed by atoms with E-state index in [2.05, 4.69) is 15.9 Å². The molecule has 0 bridgehead atoms. The van der Waals surface area contributed by atoms with E-state index >= 15 is 0 Å². The van der Waals surface area contributed by atoms with Gasteiger partial charge < -0.3 is 5.11 Å². The van der Waals surface area contributed by atoms with Crippen LogP contribution in [0.4, 0.5) is 0 Å². The number of carboxylic acids is 1. The van der Waals surface area contributed by atoms with Gasteiger partial charge in [0.05, 0.1) is 0 Å². The number of hydrogen-bond acceptors (Lipinski definition) is 1. The van der Waals surface area contributed by atoms with Gasteiger partial charge in [-0.15, -0.1) is 0 Å². The molecule has 1 N–H and O–H groups in total. The second-order valence-electron chi connectivity index (χ2n) is 2.18. The first-order valence-electron chi connectivity index (χ1n) is 2.94. The molecule has 0 unspecified atom stereocenters. The summed E-state index contributed by atoms with van der Waals surface area (Å²) < 4.78 is 0. The highest BCUT2D eigenvalue weighted by Crippen LogP contribution is 2.08. The van der Waals surface area contributed by atoms with E-state index in [0.29, 0.717) is 5.92 Å². The average molecular weight is 195 g/mol. The molecule has 1 atom stereocenters. The molecule has 0 fully saturated rings. The van der Waals surface area contributed by atoms with Crippen LogP contribution in [0.25, 0.3) is 0 Å². The lowest BCUT2D eigenvalue weighted by Crippen LogP contribution is -2.04. The van der Waals surface area contributed by atoms with Crippen LogP contribution in [0.5, 0.6) is 0 Å². The van der Waals surface area contributed by atoms with Gasteiger partial charge in [-0.2, -0.15) is 0 Å². The molecular weight excluding hydrogens is 184 g/mol. The fourth-order valence-corrected chi connectivity index (χ4v) is 1.37. The molecule has 0 spiro atoms. The molecule has 0 saturated carbocycles. The first kappa shape index (κ1) is 8.95. The first-order chi connectivity index (χ1) is 4.16. The third-order valence-electron chi connectivity index (χ3n) is 1.12. The molecule has 0 aromatic carbocycles. The van der Waals surface area contributed by atoms with E-state index in [9.17, 15) is 4.79 Å². The zero-order valence-electron chi connectivity index (χ0n) is 5.43. The molecule has 9 heavy (non-hydrogen) atoms. The first-order valence-corrected chi connectivity index (χ1v) is 4.06. The van der Waals surface area contributed by atoms with Crippen LogP contribution in [-0.4, -0.2) is 16.4 Å². The van der Waals surface area contributed by atoms with Crippen LogP contribution in [-0.2, 0) is 4.79 Å². The number of halogens is 1. The fourth-order valence-electron chi connectivity index (χ4n) is 0.586. The Morgan fingerprint density at radius 1 is 1.78 bits per heavy atom. The maximum Gasteiger partial charge on any atom is 0.303 e. The number of carbonyl (C=O) groups is 1. The fraction of sp³-hybridized carbons (Fsp3) is 0.833. The van der Waals surface area contributed by atoms with Crippen LogP contribution < -0.4 is 0 Å². The van der Waals surface area contributed by atoms with Crippen molar-refractivity contribution in [1.29, 1.82) is 0 Å². The van der Waals surface area contributed by atoms with Crippen LogP contribution in [0.3, 0.4) is 0 Å². The second-order valence-corrected chi connectivity index (χ2v) is 2.97. The highest BCUT2D eigenvalue weighted by atomic mass is 79.9. The number of hydrogen-bond donors (Lipinski definition) is 1. The molecule has 0 amide bonds. The van der Waals surface area contributed by atoms with Crippen molar-refractivity contribution in [3.8, 4) is 0 Å². The maximum atomic E-state index is 10.1. The predicted octanol–water partition coefficient (Wildman–Crippen LogP) is 1.88. The maximum absolute atomic E-state index is 10.1. The van der Waals surface area contributed by atoms with Crippen molar-refractivity contribution in [3.63, 3.8) is 0 Å². The summed E-state index contributed by atoms with van der Waals surface area (Å²) in [7, 11) is 0. The summed E-state index contributed by atoms with van der Waals surface area (Å²) in [5, 5.41) is 9.19. The average Bonchev–Trinajstić information content (AvgIpc) is 1.63. The van der Waals surface area contributed by atoms with E-state index in [-0.39, 0.29) is 6.42 Å². The highest BCUT2D eigenvalue weighted by Gasteiger charge is 2.05. The van der Waals surface area contributed by atoms with Gasteiger partial charge in [0, 0.05) is 11.8 Å². The Balaban J connectivity index is 3.26. The van der Waals surface area contributed by atoms with E-state index in [0.717, 1.165) is 11.8 Å². The second kappa shape index (κ2) is 4.79. The summed E-state index contributed by atoms with van der Waals surface area (Å²) >= 11 is 3.25. The smallest absolute Gasteiger partial charge is 0.303 e. The van der Waals surface area contributed by atoms with Gasteiger partial charge in [-0.25, -0.2) is 0 Å². The van der Waals surface area contributed by atoms with Gasteiger partial charge in [-0.3, -0.25) is 4.79 Å². The van der Waals surface area contributed by atoms with E-state index < -0.39 is 5.97 Å². The number of alkyl halides is 1. The van der Waals surface area contributed by atoms with E-state index in [4.69, 9.17) is 5.11 Å². The van der Waals surface area contributed by atoms with Crippen LogP contribution >= 0.6 is 15.9 Å². The molecule has 0 aliphatic rings. The van der Waals surface area contributed by atoms with Crippen molar-refractivity contribution in [1.82, 2.24) is 0 Å². The van der Waals surface area contributed by atoms with Crippen molar-refractivity contribution >= 4 is 21.9 Å². The minimum absolute atomic E-state index is 0.283. The van der Waals surface area contributed by atoms with Crippen molar-refractivity contribution in [3.05, 3.63) is 0 Å². The molecule has 0 saturated heterocycles. The lowest BCUT2D eigenvalue weighted by atomic mass is 10.1. The van der Waals surface area contributed by atoms with Crippen LogP contribution in [0.2, 0.25) is 0 Å². The van der Waals surface area contributed by atoms with Crippen molar-refractivity contribution in [2.45, 2.75) is 19.8 Å². The molecule has 0 aliphatic carbocycles. The van der Waals surface area contributed by atoms with E-state index in [1.165, 1.54) is 0 Å². The highest BCUT2D eigenvalue weighted by molar-refractivity contribution is 9.09. The number of carboxylic acid groups (broad SMARTS) is 1. The zero-order valence-corrected chi connectivity index (χ0v) is 7.02. The summed E-state index contributed by atoms with van der Waals surface area (Å²) in [6.07, 6.45) is 1.22. The third kappa shape index (κ3) is 5.83. The number of rotatable bonds is 4. The Bertz CT molecular complexity index is 93.1. The summed E-state index contributed by atoms with van der Waals surface area (Å²) in [4.78, 5) is 10.1. The minimum atomic E-state index is -0.705. The molecule has 0 heterocycles. The van der Waals surface area contributed by atoms with Gasteiger partial charge in [0.15, 0.2) is 0 Å². The lowest BCUT2D eigenvalue weighted by Gasteiger charge is -2.03. The van der Waals surface area contributed by atoms with E-state index in [1.54, 1.807) is 0 Å². The molecule has 2 nitrogen and oxygen atoms in total. The predicted molar refractivity (Wildman–Crippen MR) is 39.8 cm³/mol. The molecule has 0 aromatic heterocycles. The molecule has 54 valence electrons. The van der Waals surface area contributed by atoms with Crippen LogP contribution in [0.15, 0.2) is 0 Å². The van der Waals surface area contributed by atoms with Gasteiger partial charge in [-0.1, -0.05) is 22.9 Å². The normalized spacial score (nSPS) is 13.1. The quantitative estimate of drug-likeness (QED) is 0.695. The molecule has 0 rings (SSSR count). The SMILES string of the molecule is C[C@@H](CCBr)CC(=O)O. The summed E-state index contributed by atoms with van der Waals surface area (Å²) in [5.74, 6) is -0.412. The molecule has 0 radical (unpaired) electrons. The van der Waals surface area contributed by atoms with Crippen molar-refractivity contribution < 1.29 is 9.90 Å². The summed E-state index contributed by atoms with van der Waals surface area (Å²) in [5.41, 5.74) is 0. The Morgan fingerprint density at radius 3 is 2.67 bits per heavy atom. The molecule has 0 aliphatic heterocycles. The van der Waals surface area contributed by atoms with Crippen molar-refractivity contribution in [2.24, 2.45) is 5.92 Å². The summed E-state index contributed by atoms with van der Waals surface area (Å²) in [6.45, 7) is 1.94. The monoisotopic (exact) mass is 194 g/mol. The lowest BCUT2D eigenvalue weighted by molar-refractivity contribution is -0.137. The standard InChI is InChI=1S/C6H11BrO2/c1-5(2-3-7)4-6(8)9/h5H,2-4H2,1H3,(H,8,9)/t5-/m0/s1. The Kier molecular flexibility index (Phi) is 4.77. The zero-order chi connectivity index (χ0) is 7.28. The molecule has 3 heteroatoms. The van der Waals surface area contributed by atoms with Crippen molar-refractivity contribution in [2.75, 3.05) is 5.33 Å². The Hall–Kier alpha value is -0.0500. The Morgan fingerprint density at radius 2 is 2.33 bits per heavy atom. The van der Waals surface area contributed by atoms with Gasteiger partial charge in [0.2, 0.25) is 0 Å². The molecular formula is C6H11BrO2. The van der Waals surface area contributed by atoms with Gasteiger partial charge in [0.25, 0.3) is 0 Å². The topological polar surface area (TPSA) is 37.3 Å². The summed E-state index contributed by atoms with van der Waals surface area (Å²) in [6, 6.07) is 0. The van der Waals surface area contributed by atoms with Crippen LogP contribution in [0, 0.1) is 5.92 Å². The van der Waals surface area contributed by atoms with Crippen LogP contribution in [0.1, 0.15) is 19.8 Å². The minimum Gasteiger partial charge on any atom is -0.481 e. The largest absolute Gasteiger partial charge is 0.481 e. The third-order valence-corrected chi connectivity index (χ3v) is 1.58.